The minimum Gasteiger partial charge on any atom is -0.297 e. The molecule has 1 aliphatic carbocycles. The highest BCUT2D eigenvalue weighted by Gasteiger charge is 2.30. The summed E-state index contributed by atoms with van der Waals surface area (Å²) in [5, 5.41) is 0.110. The molecular formula is C16H17ClN2O2. The first kappa shape index (κ1) is 14.1. The maximum atomic E-state index is 12.7. The zero-order valence-electron chi connectivity index (χ0n) is 12.0. The van der Waals surface area contributed by atoms with Crippen LogP contribution in [0, 0.1) is 12.8 Å². The van der Waals surface area contributed by atoms with Gasteiger partial charge >= 0.3 is 5.69 Å². The lowest BCUT2D eigenvalue weighted by Gasteiger charge is -2.33. The fourth-order valence-corrected chi connectivity index (χ4v) is 3.25. The van der Waals surface area contributed by atoms with E-state index in [-0.39, 0.29) is 16.8 Å². The molecule has 0 unspecified atom stereocenters. The molecule has 1 aromatic carbocycles. The molecule has 1 heterocycles. The van der Waals surface area contributed by atoms with Crippen LogP contribution in [0.1, 0.15) is 31.4 Å². The summed E-state index contributed by atoms with van der Waals surface area (Å²) in [6.07, 6.45) is 1.72. The van der Waals surface area contributed by atoms with E-state index >= 15 is 0 Å². The fourth-order valence-electron chi connectivity index (χ4n) is 2.98. The molecule has 1 aliphatic rings. The van der Waals surface area contributed by atoms with Crippen molar-refractivity contribution in [1.82, 2.24) is 9.55 Å². The van der Waals surface area contributed by atoms with Crippen molar-refractivity contribution in [2.45, 2.75) is 32.7 Å². The van der Waals surface area contributed by atoms with Gasteiger partial charge < -0.3 is 0 Å². The topological polar surface area (TPSA) is 54.9 Å². The molecule has 3 rings (SSSR count). The molecule has 0 radical (unpaired) electrons. The number of rotatable bonds is 2. The van der Waals surface area contributed by atoms with Gasteiger partial charge in [-0.2, -0.15) is 0 Å². The number of benzene rings is 1. The Hall–Kier alpha value is -1.81. The standard InChI is InChI=1S/C16H17ClN2O2/c1-9-4-3-5-11(6-9)13-14(17)18-16(21)19(15(13)20)12-7-10(2)8-12/h3-6,10,12H,7-8H2,1-2H3,(H,18,21). The van der Waals surface area contributed by atoms with E-state index in [1.807, 2.05) is 31.2 Å². The first-order valence-corrected chi connectivity index (χ1v) is 7.46. The summed E-state index contributed by atoms with van der Waals surface area (Å²) in [5.74, 6) is 0.555. The van der Waals surface area contributed by atoms with E-state index in [4.69, 9.17) is 11.6 Å². The highest BCUT2D eigenvalue weighted by Crippen LogP contribution is 2.36. The largest absolute Gasteiger partial charge is 0.329 e. The first-order chi connectivity index (χ1) is 9.97. The molecule has 1 aromatic heterocycles. The summed E-state index contributed by atoms with van der Waals surface area (Å²) in [5.41, 5.74) is 1.43. The summed E-state index contributed by atoms with van der Waals surface area (Å²) in [7, 11) is 0. The van der Waals surface area contributed by atoms with Crippen LogP contribution >= 0.6 is 11.6 Å². The second kappa shape index (κ2) is 5.19. The third-order valence-electron chi connectivity index (χ3n) is 4.11. The van der Waals surface area contributed by atoms with Crippen LogP contribution in [0.3, 0.4) is 0 Å². The SMILES string of the molecule is Cc1cccc(-c2c(Cl)[nH]c(=O)n(C3CC(C)C3)c2=O)c1. The number of hydrogen-bond acceptors (Lipinski definition) is 2. The van der Waals surface area contributed by atoms with Gasteiger partial charge in [-0.25, -0.2) is 4.79 Å². The van der Waals surface area contributed by atoms with E-state index in [2.05, 4.69) is 11.9 Å². The van der Waals surface area contributed by atoms with E-state index in [0.717, 1.165) is 24.0 Å². The van der Waals surface area contributed by atoms with Gasteiger partial charge in [0.05, 0.1) is 5.56 Å². The number of H-pyrrole nitrogens is 1. The van der Waals surface area contributed by atoms with Gasteiger partial charge in [0.25, 0.3) is 5.56 Å². The molecule has 2 aromatic rings. The molecule has 5 heteroatoms. The number of aromatic amines is 1. The Morgan fingerprint density at radius 2 is 2.00 bits per heavy atom. The molecule has 4 nitrogen and oxygen atoms in total. The average molecular weight is 305 g/mol. The van der Waals surface area contributed by atoms with Crippen LogP contribution in [0.4, 0.5) is 0 Å². The minimum absolute atomic E-state index is 0.0166. The smallest absolute Gasteiger partial charge is 0.297 e. The van der Waals surface area contributed by atoms with Gasteiger partial charge in [0.1, 0.15) is 5.15 Å². The van der Waals surface area contributed by atoms with Gasteiger partial charge in [0, 0.05) is 6.04 Å². The number of halogens is 1. The average Bonchev–Trinajstić information content (AvgIpc) is 2.36. The van der Waals surface area contributed by atoms with Crippen LogP contribution in [0.15, 0.2) is 33.9 Å². The Labute approximate surface area is 127 Å². The third kappa shape index (κ3) is 2.44. The van der Waals surface area contributed by atoms with Crippen LogP contribution < -0.4 is 11.2 Å². The van der Waals surface area contributed by atoms with Gasteiger partial charge in [-0.15, -0.1) is 0 Å². The van der Waals surface area contributed by atoms with Crippen LogP contribution in [-0.2, 0) is 0 Å². The predicted molar refractivity (Wildman–Crippen MR) is 83.9 cm³/mol. The third-order valence-corrected chi connectivity index (χ3v) is 4.39. The summed E-state index contributed by atoms with van der Waals surface area (Å²) < 4.78 is 1.32. The lowest BCUT2D eigenvalue weighted by Crippen LogP contribution is -2.43. The van der Waals surface area contributed by atoms with E-state index in [0.29, 0.717) is 11.5 Å². The number of hydrogen-bond donors (Lipinski definition) is 1. The van der Waals surface area contributed by atoms with Crippen LogP contribution in [0.2, 0.25) is 5.15 Å². The van der Waals surface area contributed by atoms with E-state index < -0.39 is 5.69 Å². The highest BCUT2D eigenvalue weighted by atomic mass is 35.5. The predicted octanol–water partition coefficient (Wildman–Crippen LogP) is 3.14. The molecule has 0 aliphatic heterocycles. The van der Waals surface area contributed by atoms with Crippen molar-refractivity contribution >= 4 is 11.6 Å². The Morgan fingerprint density at radius 3 is 2.62 bits per heavy atom. The van der Waals surface area contributed by atoms with Gasteiger partial charge in [0.2, 0.25) is 0 Å². The van der Waals surface area contributed by atoms with Crippen molar-refractivity contribution in [2.24, 2.45) is 5.92 Å². The molecule has 21 heavy (non-hydrogen) atoms. The van der Waals surface area contributed by atoms with Gasteiger partial charge in [-0.1, -0.05) is 48.4 Å². The highest BCUT2D eigenvalue weighted by molar-refractivity contribution is 6.32. The monoisotopic (exact) mass is 304 g/mol. The minimum atomic E-state index is -0.418. The second-order valence-corrected chi connectivity index (χ2v) is 6.27. The zero-order valence-corrected chi connectivity index (χ0v) is 12.8. The second-order valence-electron chi connectivity index (χ2n) is 5.89. The van der Waals surface area contributed by atoms with Crippen molar-refractivity contribution in [3.63, 3.8) is 0 Å². The summed E-state index contributed by atoms with van der Waals surface area (Å²) in [4.78, 5) is 27.4. The summed E-state index contributed by atoms with van der Waals surface area (Å²) >= 11 is 6.12. The van der Waals surface area contributed by atoms with E-state index in [9.17, 15) is 9.59 Å². The lowest BCUT2D eigenvalue weighted by atomic mass is 9.81. The van der Waals surface area contributed by atoms with E-state index in [1.54, 1.807) is 0 Å². The van der Waals surface area contributed by atoms with Crippen molar-refractivity contribution in [1.29, 1.82) is 0 Å². The maximum Gasteiger partial charge on any atom is 0.329 e. The molecule has 1 N–H and O–H groups in total. The normalized spacial score (nSPS) is 21.1. The molecule has 1 fully saturated rings. The molecule has 110 valence electrons. The summed E-state index contributed by atoms with van der Waals surface area (Å²) in [6, 6.07) is 7.55. The molecular weight excluding hydrogens is 288 g/mol. The van der Waals surface area contributed by atoms with Crippen molar-refractivity contribution < 1.29 is 0 Å². The van der Waals surface area contributed by atoms with Gasteiger partial charge in [-0.05, 0) is 31.2 Å². The number of nitrogens with zero attached hydrogens (tertiary/aromatic N) is 1. The van der Waals surface area contributed by atoms with Crippen LogP contribution in [-0.4, -0.2) is 9.55 Å². The molecule has 0 spiro atoms. The molecule has 0 saturated heterocycles. The lowest BCUT2D eigenvalue weighted by molar-refractivity contribution is 0.205. The zero-order chi connectivity index (χ0) is 15.1. The van der Waals surface area contributed by atoms with Gasteiger partial charge in [-0.3, -0.25) is 14.3 Å². The van der Waals surface area contributed by atoms with Crippen LogP contribution in [0.5, 0.6) is 0 Å². The van der Waals surface area contributed by atoms with Crippen LogP contribution in [0.25, 0.3) is 11.1 Å². The summed E-state index contributed by atoms with van der Waals surface area (Å²) in [6.45, 7) is 4.07. The number of nitrogens with one attached hydrogen (secondary N) is 1. The number of aromatic nitrogens is 2. The molecule has 0 atom stereocenters. The Morgan fingerprint density at radius 1 is 1.29 bits per heavy atom. The Bertz CT molecular complexity index is 801. The van der Waals surface area contributed by atoms with Gasteiger partial charge in [0.15, 0.2) is 0 Å². The fraction of sp³-hybridized carbons (Fsp3) is 0.375. The van der Waals surface area contributed by atoms with Crippen molar-refractivity contribution in [2.75, 3.05) is 0 Å². The number of aryl methyl sites for hydroxylation is 1. The molecule has 1 saturated carbocycles. The molecule has 0 amide bonds. The van der Waals surface area contributed by atoms with E-state index in [1.165, 1.54) is 4.57 Å². The Kier molecular flexibility index (Phi) is 3.49. The maximum absolute atomic E-state index is 12.7. The quantitative estimate of drug-likeness (QED) is 0.867. The van der Waals surface area contributed by atoms with Crippen molar-refractivity contribution in [3.8, 4) is 11.1 Å². The first-order valence-electron chi connectivity index (χ1n) is 7.08. The Balaban J connectivity index is 2.20. The molecule has 0 bridgehead atoms. The van der Waals surface area contributed by atoms with Crippen molar-refractivity contribution in [3.05, 3.63) is 55.8 Å².